The third kappa shape index (κ3) is 2.90. The van der Waals surface area contributed by atoms with Gasteiger partial charge in [-0.3, -0.25) is 4.79 Å². The molecule has 1 N–H and O–H groups in total. The Labute approximate surface area is 143 Å². The Bertz CT molecular complexity index is 969. The van der Waals surface area contributed by atoms with E-state index in [1.54, 1.807) is 0 Å². The Morgan fingerprint density at radius 1 is 1.08 bits per heavy atom. The fourth-order valence-corrected chi connectivity index (χ4v) is 3.71. The van der Waals surface area contributed by atoms with Gasteiger partial charge < -0.3 is 9.88 Å². The molecule has 0 spiro atoms. The highest BCUT2D eigenvalue weighted by Crippen LogP contribution is 2.21. The lowest BCUT2D eigenvalue weighted by atomic mass is 10.2. The minimum absolute atomic E-state index is 0.0893. The first kappa shape index (κ1) is 14.9. The average Bonchev–Trinajstić information content (AvgIpc) is 3.23. The molecule has 0 aliphatic carbocycles. The summed E-state index contributed by atoms with van der Waals surface area (Å²) in [5.41, 5.74) is 2.11. The maximum absolute atomic E-state index is 12.2. The van der Waals surface area contributed by atoms with Gasteiger partial charge in [-0.05, 0) is 36.1 Å². The van der Waals surface area contributed by atoms with Crippen LogP contribution >= 0.6 is 11.3 Å². The first-order valence-electron chi connectivity index (χ1n) is 7.99. The van der Waals surface area contributed by atoms with Crippen molar-refractivity contribution in [2.75, 3.05) is 6.54 Å². The normalized spacial score (nSPS) is 11.2. The molecule has 0 bridgehead atoms. The Morgan fingerprint density at radius 3 is 2.83 bits per heavy atom. The van der Waals surface area contributed by atoms with Crippen molar-refractivity contribution < 1.29 is 4.79 Å². The predicted octanol–water partition coefficient (Wildman–Crippen LogP) is 4.07. The largest absolute Gasteiger partial charge is 0.350 e. The van der Waals surface area contributed by atoms with Gasteiger partial charge in [-0.2, -0.15) is 0 Å². The molecular formula is C19H17N3OS. The zero-order chi connectivity index (χ0) is 16.4. The minimum Gasteiger partial charge on any atom is -0.350 e. The second kappa shape index (κ2) is 6.45. The van der Waals surface area contributed by atoms with Gasteiger partial charge in [-0.25, -0.2) is 4.98 Å². The van der Waals surface area contributed by atoms with Crippen LogP contribution in [0.5, 0.6) is 0 Å². The second-order valence-corrected chi connectivity index (χ2v) is 6.69. The zero-order valence-corrected chi connectivity index (χ0v) is 13.9. The van der Waals surface area contributed by atoms with Crippen molar-refractivity contribution in [2.45, 2.75) is 13.0 Å². The molecule has 0 saturated carbocycles. The Morgan fingerprint density at radius 2 is 1.92 bits per heavy atom. The monoisotopic (exact) mass is 335 g/mol. The van der Waals surface area contributed by atoms with Gasteiger partial charge in [-0.15, -0.1) is 11.3 Å². The summed E-state index contributed by atoms with van der Waals surface area (Å²) in [6, 6.07) is 18.3. The molecule has 2 aromatic heterocycles. The van der Waals surface area contributed by atoms with Crippen LogP contribution < -0.4 is 5.32 Å². The summed E-state index contributed by atoms with van der Waals surface area (Å²) in [4.78, 5) is 16.6. The molecule has 5 heteroatoms. The Hall–Kier alpha value is -2.66. The van der Waals surface area contributed by atoms with Gasteiger partial charge in [0.25, 0.3) is 5.91 Å². The van der Waals surface area contributed by atoms with E-state index in [0.29, 0.717) is 11.6 Å². The number of para-hydroxylation sites is 2. The standard InChI is InChI=1S/C19H17N3OS/c23-18(19-21-15-7-2-4-9-17(15)24-19)20-11-5-12-22-13-10-14-6-1-3-8-16(14)22/h1-4,6-10,13H,5,11-12H2,(H,20,23). The third-order valence-corrected chi connectivity index (χ3v) is 5.06. The molecule has 4 nitrogen and oxygen atoms in total. The number of nitrogens with zero attached hydrogens (tertiary/aromatic N) is 2. The summed E-state index contributed by atoms with van der Waals surface area (Å²) in [5, 5.41) is 4.74. The highest BCUT2D eigenvalue weighted by atomic mass is 32.1. The zero-order valence-electron chi connectivity index (χ0n) is 13.1. The summed E-state index contributed by atoms with van der Waals surface area (Å²) in [6.07, 6.45) is 2.98. The van der Waals surface area contributed by atoms with Gasteiger partial charge in [0.2, 0.25) is 0 Å². The average molecular weight is 335 g/mol. The van der Waals surface area contributed by atoms with E-state index < -0.39 is 0 Å². The van der Waals surface area contributed by atoms with E-state index in [0.717, 1.165) is 23.2 Å². The first-order chi connectivity index (χ1) is 11.8. The van der Waals surface area contributed by atoms with Crippen LogP contribution in [0.4, 0.5) is 0 Å². The van der Waals surface area contributed by atoms with Gasteiger partial charge >= 0.3 is 0 Å². The first-order valence-corrected chi connectivity index (χ1v) is 8.80. The number of benzene rings is 2. The molecule has 1 amide bonds. The number of rotatable bonds is 5. The molecular weight excluding hydrogens is 318 g/mol. The van der Waals surface area contributed by atoms with E-state index in [1.165, 1.54) is 22.2 Å². The smallest absolute Gasteiger partial charge is 0.280 e. The van der Waals surface area contributed by atoms with Crippen molar-refractivity contribution in [2.24, 2.45) is 0 Å². The number of carbonyl (C=O) groups excluding carboxylic acids is 1. The van der Waals surface area contributed by atoms with Crippen molar-refractivity contribution in [3.8, 4) is 0 Å². The van der Waals surface area contributed by atoms with Crippen molar-refractivity contribution in [1.82, 2.24) is 14.9 Å². The molecule has 4 rings (SSSR count). The number of fused-ring (bicyclic) bond motifs is 2. The number of hydrogen-bond donors (Lipinski definition) is 1. The maximum atomic E-state index is 12.2. The lowest BCUT2D eigenvalue weighted by Crippen LogP contribution is -2.25. The van der Waals surface area contributed by atoms with E-state index in [-0.39, 0.29) is 5.91 Å². The molecule has 0 aliphatic heterocycles. The van der Waals surface area contributed by atoms with E-state index in [2.05, 4.69) is 39.3 Å². The predicted molar refractivity (Wildman–Crippen MR) is 98.5 cm³/mol. The number of aromatic nitrogens is 2. The minimum atomic E-state index is -0.0893. The summed E-state index contributed by atoms with van der Waals surface area (Å²) in [5.74, 6) is -0.0893. The molecule has 0 atom stereocenters. The van der Waals surface area contributed by atoms with E-state index in [4.69, 9.17) is 0 Å². The van der Waals surface area contributed by atoms with Crippen LogP contribution in [-0.2, 0) is 6.54 Å². The number of amides is 1. The maximum Gasteiger partial charge on any atom is 0.280 e. The molecule has 0 unspecified atom stereocenters. The van der Waals surface area contributed by atoms with E-state index >= 15 is 0 Å². The number of thiazole rings is 1. The molecule has 0 aliphatic rings. The van der Waals surface area contributed by atoms with Gasteiger partial charge in [0.05, 0.1) is 10.2 Å². The molecule has 2 heterocycles. The molecule has 0 radical (unpaired) electrons. The van der Waals surface area contributed by atoms with Crippen LogP contribution in [0.15, 0.2) is 60.8 Å². The molecule has 0 saturated heterocycles. The van der Waals surface area contributed by atoms with Gasteiger partial charge in [0.1, 0.15) is 0 Å². The summed E-state index contributed by atoms with van der Waals surface area (Å²) in [7, 11) is 0. The summed E-state index contributed by atoms with van der Waals surface area (Å²) >= 11 is 1.43. The number of carbonyl (C=O) groups is 1. The van der Waals surface area contributed by atoms with Crippen molar-refractivity contribution in [1.29, 1.82) is 0 Å². The van der Waals surface area contributed by atoms with Crippen molar-refractivity contribution in [3.05, 3.63) is 65.8 Å². The van der Waals surface area contributed by atoms with Gasteiger partial charge in [0.15, 0.2) is 5.01 Å². The SMILES string of the molecule is O=C(NCCCn1ccc2ccccc21)c1nc2ccccc2s1. The van der Waals surface area contributed by atoms with Gasteiger partial charge in [-0.1, -0.05) is 30.3 Å². The van der Waals surface area contributed by atoms with Gasteiger partial charge in [0, 0.05) is 24.8 Å². The van der Waals surface area contributed by atoms with Crippen LogP contribution in [0.25, 0.3) is 21.1 Å². The fraction of sp³-hybridized carbons (Fsp3) is 0.158. The highest BCUT2D eigenvalue weighted by Gasteiger charge is 2.11. The van der Waals surface area contributed by atoms with E-state index in [1.807, 2.05) is 36.4 Å². The molecule has 120 valence electrons. The lowest BCUT2D eigenvalue weighted by molar-refractivity contribution is 0.0952. The molecule has 4 aromatic rings. The van der Waals surface area contributed by atoms with Crippen LogP contribution in [0.2, 0.25) is 0 Å². The van der Waals surface area contributed by atoms with Crippen LogP contribution in [0.3, 0.4) is 0 Å². The fourth-order valence-electron chi connectivity index (χ4n) is 2.83. The second-order valence-electron chi connectivity index (χ2n) is 5.66. The third-order valence-electron chi connectivity index (χ3n) is 4.03. The number of hydrogen-bond acceptors (Lipinski definition) is 3. The van der Waals surface area contributed by atoms with Crippen LogP contribution in [0.1, 0.15) is 16.2 Å². The van der Waals surface area contributed by atoms with Crippen LogP contribution in [-0.4, -0.2) is 22.0 Å². The summed E-state index contributed by atoms with van der Waals surface area (Å²) < 4.78 is 3.26. The van der Waals surface area contributed by atoms with E-state index in [9.17, 15) is 4.79 Å². The Kier molecular flexibility index (Phi) is 4.01. The topological polar surface area (TPSA) is 46.9 Å². The van der Waals surface area contributed by atoms with Crippen molar-refractivity contribution in [3.63, 3.8) is 0 Å². The lowest BCUT2D eigenvalue weighted by Gasteiger charge is -2.06. The van der Waals surface area contributed by atoms with Crippen LogP contribution in [0, 0.1) is 0 Å². The highest BCUT2D eigenvalue weighted by molar-refractivity contribution is 7.20. The summed E-state index contributed by atoms with van der Waals surface area (Å²) in [6.45, 7) is 1.52. The number of nitrogens with one attached hydrogen (secondary N) is 1. The number of aryl methyl sites for hydroxylation is 1. The Balaban J connectivity index is 1.34. The molecule has 2 aromatic carbocycles. The quantitative estimate of drug-likeness (QED) is 0.559. The molecule has 24 heavy (non-hydrogen) atoms. The van der Waals surface area contributed by atoms with Crippen molar-refractivity contribution >= 4 is 38.4 Å². The molecule has 0 fully saturated rings.